The van der Waals surface area contributed by atoms with Crippen LogP contribution in [-0.2, 0) is 13.0 Å². The molecule has 102 valence electrons. The predicted octanol–water partition coefficient (Wildman–Crippen LogP) is 1.13. The van der Waals surface area contributed by atoms with Gasteiger partial charge in [-0.2, -0.15) is 10.5 Å². The van der Waals surface area contributed by atoms with E-state index in [4.69, 9.17) is 15.2 Å². The average molecular weight is 271 g/mol. The van der Waals surface area contributed by atoms with Crippen LogP contribution in [0.15, 0.2) is 42.5 Å². The molecule has 2 N–H and O–H groups in total. The van der Waals surface area contributed by atoms with Crippen LogP contribution in [0, 0.1) is 16.5 Å². The molecule has 0 radical (unpaired) electrons. The van der Waals surface area contributed by atoms with Gasteiger partial charge in [-0.1, -0.05) is 30.3 Å². The fourth-order valence-electron chi connectivity index (χ4n) is 1.70. The molecule has 2 rings (SSSR count). The summed E-state index contributed by atoms with van der Waals surface area (Å²) in [6.45, 7) is 0.340. The van der Waals surface area contributed by atoms with E-state index in [9.17, 15) is 5.21 Å². The quantitative estimate of drug-likeness (QED) is 0.795. The summed E-state index contributed by atoms with van der Waals surface area (Å²) in [5.74, 6) is 0.309. The third kappa shape index (κ3) is 3.52. The minimum absolute atomic E-state index is 0.0265. The summed E-state index contributed by atoms with van der Waals surface area (Å²) in [7, 11) is 0. The van der Waals surface area contributed by atoms with Crippen LogP contribution in [0.2, 0.25) is 0 Å². The number of hydrogen-bond donors (Lipinski definition) is 2. The highest BCUT2D eigenvalue weighted by atomic mass is 16.8. The van der Waals surface area contributed by atoms with Crippen LogP contribution in [0.5, 0.6) is 5.88 Å². The Kier molecular flexibility index (Phi) is 4.63. The molecule has 0 aliphatic carbocycles. The maximum Gasteiger partial charge on any atom is 0.214 e. The second-order valence-corrected chi connectivity index (χ2v) is 4.06. The minimum Gasteiger partial charge on any atom is -0.595 e. The van der Waals surface area contributed by atoms with Crippen LogP contribution in [0.25, 0.3) is 0 Å². The van der Waals surface area contributed by atoms with Gasteiger partial charge in [0.15, 0.2) is 5.69 Å². The Balaban J connectivity index is 2.13. The Morgan fingerprint density at radius 2 is 2.00 bits per heavy atom. The van der Waals surface area contributed by atoms with E-state index in [1.807, 2.05) is 36.4 Å². The maximum absolute atomic E-state index is 11.0. The van der Waals surface area contributed by atoms with E-state index >= 15 is 0 Å². The van der Waals surface area contributed by atoms with Crippen molar-refractivity contribution in [1.29, 1.82) is 5.26 Å². The smallest absolute Gasteiger partial charge is 0.214 e. The summed E-state index contributed by atoms with van der Waals surface area (Å²) in [6, 6.07) is 14.4. The van der Waals surface area contributed by atoms with E-state index in [-0.39, 0.29) is 17.8 Å². The van der Waals surface area contributed by atoms with Crippen LogP contribution < -0.4 is 9.96 Å². The van der Waals surface area contributed by atoms with Crippen molar-refractivity contribution in [3.05, 3.63) is 58.9 Å². The molecular weight excluding hydrogens is 258 g/mol. The zero-order chi connectivity index (χ0) is 14.4. The zero-order valence-corrected chi connectivity index (χ0v) is 10.6. The van der Waals surface area contributed by atoms with E-state index in [1.165, 1.54) is 12.1 Å². The number of aromatic nitrogens is 1. The molecule has 6 heteroatoms. The minimum atomic E-state index is -1.10. The first-order chi connectivity index (χ1) is 9.70. The van der Waals surface area contributed by atoms with Crippen LogP contribution in [0.1, 0.15) is 11.3 Å². The van der Waals surface area contributed by atoms with Crippen LogP contribution in [0.4, 0.5) is 5.69 Å². The van der Waals surface area contributed by atoms with Gasteiger partial charge in [0.2, 0.25) is 5.88 Å². The molecule has 1 aromatic heterocycles. The summed E-state index contributed by atoms with van der Waals surface area (Å²) >= 11 is 0. The Bertz CT molecular complexity index is 609. The normalized spacial score (nSPS) is 11.7. The number of benzene rings is 1. The predicted molar refractivity (Wildman–Crippen MR) is 70.1 cm³/mol. The van der Waals surface area contributed by atoms with E-state index in [1.54, 1.807) is 0 Å². The molecule has 2 aromatic rings. The van der Waals surface area contributed by atoms with Crippen molar-refractivity contribution in [2.45, 2.75) is 13.0 Å². The van der Waals surface area contributed by atoms with E-state index in [0.717, 1.165) is 5.56 Å². The lowest BCUT2D eigenvalue weighted by Crippen LogP contribution is -2.99. The lowest BCUT2D eigenvalue weighted by molar-refractivity contribution is -0.991. The maximum atomic E-state index is 11.0. The average Bonchev–Trinajstić information content (AvgIpc) is 2.46. The molecule has 1 heterocycles. The summed E-state index contributed by atoms with van der Waals surface area (Å²) < 4.78 is 5.50. The van der Waals surface area contributed by atoms with Gasteiger partial charge in [0.25, 0.3) is 0 Å². The lowest BCUT2D eigenvalue weighted by atomic mass is 10.2. The van der Waals surface area contributed by atoms with Gasteiger partial charge in [-0.05, 0) is 5.56 Å². The number of nitrogens with one attached hydrogen (secondary N) is 1. The molecule has 1 unspecified atom stereocenters. The first-order valence-corrected chi connectivity index (χ1v) is 5.97. The molecule has 20 heavy (non-hydrogen) atoms. The molecule has 1 atom stereocenters. The van der Waals surface area contributed by atoms with Gasteiger partial charge >= 0.3 is 0 Å². The molecule has 0 fully saturated rings. The standard InChI is InChI=1S/C14H13N3O3/c15-9-8-12-13(17(18)19)6-7-14(16-12)20-10-11-4-2-1-3-5-11/h1-7,17-18H,8,10H2. The summed E-state index contributed by atoms with van der Waals surface area (Å²) in [6.07, 6.45) is -0.0653. The van der Waals surface area contributed by atoms with Gasteiger partial charge in [-0.3, -0.25) is 0 Å². The number of ether oxygens (including phenoxy) is 1. The summed E-state index contributed by atoms with van der Waals surface area (Å²) in [4.78, 5) is 4.07. The van der Waals surface area contributed by atoms with Crippen molar-refractivity contribution >= 4 is 5.69 Å². The molecular formula is C14H13N3O3. The van der Waals surface area contributed by atoms with Crippen molar-refractivity contribution in [1.82, 2.24) is 4.98 Å². The molecule has 0 aliphatic rings. The third-order valence-electron chi connectivity index (χ3n) is 2.66. The van der Waals surface area contributed by atoms with Crippen molar-refractivity contribution in [3.63, 3.8) is 0 Å². The number of pyridine rings is 1. The van der Waals surface area contributed by atoms with Crippen molar-refractivity contribution in [2.75, 3.05) is 0 Å². The highest BCUT2D eigenvalue weighted by molar-refractivity contribution is 5.38. The van der Waals surface area contributed by atoms with Crippen molar-refractivity contribution in [2.24, 2.45) is 0 Å². The monoisotopic (exact) mass is 271 g/mol. The van der Waals surface area contributed by atoms with Crippen molar-refractivity contribution < 1.29 is 15.2 Å². The Hall–Kier alpha value is -2.46. The topological polar surface area (TPSA) is 93.6 Å². The van der Waals surface area contributed by atoms with E-state index in [2.05, 4.69) is 4.98 Å². The fraction of sp³-hybridized carbons (Fsp3) is 0.143. The Morgan fingerprint density at radius 3 is 2.65 bits per heavy atom. The number of quaternary nitrogens is 1. The summed E-state index contributed by atoms with van der Waals surface area (Å²) in [5, 5.41) is 27.6. The van der Waals surface area contributed by atoms with Gasteiger partial charge in [-0.15, -0.1) is 0 Å². The molecule has 0 aliphatic heterocycles. The zero-order valence-electron chi connectivity index (χ0n) is 10.6. The molecule has 1 aromatic carbocycles. The summed E-state index contributed by atoms with van der Waals surface area (Å²) in [5.41, 5.74) is 1.22. The van der Waals surface area contributed by atoms with E-state index < -0.39 is 5.23 Å². The Morgan fingerprint density at radius 1 is 1.25 bits per heavy atom. The molecule has 0 saturated carbocycles. The fourth-order valence-corrected chi connectivity index (χ4v) is 1.70. The molecule has 0 amide bonds. The molecule has 0 saturated heterocycles. The van der Waals surface area contributed by atoms with Gasteiger partial charge in [0.1, 0.15) is 12.3 Å². The SMILES string of the molecule is N#CCc1nc(OCc2ccccc2)ccc1[NH+]([O-])O. The van der Waals surface area contributed by atoms with Gasteiger partial charge in [0, 0.05) is 12.1 Å². The third-order valence-corrected chi connectivity index (χ3v) is 2.66. The lowest BCUT2D eigenvalue weighted by Gasteiger charge is -2.14. The highest BCUT2D eigenvalue weighted by Crippen LogP contribution is 2.16. The number of hydrogen-bond acceptors (Lipinski definition) is 5. The van der Waals surface area contributed by atoms with Crippen molar-refractivity contribution in [3.8, 4) is 11.9 Å². The van der Waals surface area contributed by atoms with Gasteiger partial charge < -0.3 is 9.94 Å². The Labute approximate surface area is 116 Å². The number of nitriles is 1. The van der Waals surface area contributed by atoms with Gasteiger partial charge in [-0.25, -0.2) is 10.2 Å². The first kappa shape index (κ1) is 14.0. The first-order valence-electron chi connectivity index (χ1n) is 5.97. The second-order valence-electron chi connectivity index (χ2n) is 4.06. The molecule has 0 bridgehead atoms. The molecule has 6 nitrogen and oxygen atoms in total. The number of rotatable bonds is 5. The highest BCUT2D eigenvalue weighted by Gasteiger charge is 2.12. The van der Waals surface area contributed by atoms with Crippen LogP contribution >= 0.6 is 0 Å². The van der Waals surface area contributed by atoms with Crippen LogP contribution in [0.3, 0.4) is 0 Å². The van der Waals surface area contributed by atoms with Crippen LogP contribution in [-0.4, -0.2) is 10.2 Å². The largest absolute Gasteiger partial charge is 0.595 e. The molecule has 0 spiro atoms. The van der Waals surface area contributed by atoms with Gasteiger partial charge in [0.05, 0.1) is 12.5 Å². The van der Waals surface area contributed by atoms with E-state index in [0.29, 0.717) is 12.5 Å². The second kappa shape index (κ2) is 6.63. The number of nitrogens with zero attached hydrogens (tertiary/aromatic N) is 2.